The van der Waals surface area contributed by atoms with E-state index >= 15 is 0 Å². The number of rotatable bonds is 4. The van der Waals surface area contributed by atoms with E-state index in [0.717, 1.165) is 0 Å². The summed E-state index contributed by atoms with van der Waals surface area (Å²) in [7, 11) is 0. The molecule has 5 nitrogen and oxygen atoms in total. The van der Waals surface area contributed by atoms with Gasteiger partial charge in [0.2, 0.25) is 5.91 Å². The van der Waals surface area contributed by atoms with Gasteiger partial charge in [-0.3, -0.25) is 15.4 Å². The fourth-order valence-electron chi connectivity index (χ4n) is 1.60. The molecule has 0 fully saturated rings. The molecular weight excluding hydrogens is 237 g/mol. The summed E-state index contributed by atoms with van der Waals surface area (Å²) in [5, 5.41) is 4.84. The highest BCUT2D eigenvalue weighted by molar-refractivity contribution is 5.96. The molecule has 98 valence electrons. The number of nitrogens with one attached hydrogen (secondary N) is 2. The third kappa shape index (κ3) is 3.81. The molecule has 0 heterocycles. The molecule has 18 heavy (non-hydrogen) atoms. The predicted octanol–water partition coefficient (Wildman–Crippen LogP) is 1.06. The molecule has 1 aromatic carbocycles. The molecule has 0 spiro atoms. The molecule has 4 N–H and O–H groups in total. The SMILES string of the molecule is CC(NC(C)c1ccccc1F)C(=O)NC(N)=O. The van der Waals surface area contributed by atoms with Gasteiger partial charge in [0.1, 0.15) is 5.82 Å². The van der Waals surface area contributed by atoms with Crippen molar-refractivity contribution >= 4 is 11.9 Å². The van der Waals surface area contributed by atoms with Gasteiger partial charge in [0.25, 0.3) is 0 Å². The maximum Gasteiger partial charge on any atom is 0.318 e. The van der Waals surface area contributed by atoms with Crippen molar-refractivity contribution in [3.8, 4) is 0 Å². The lowest BCUT2D eigenvalue weighted by Crippen LogP contribution is -2.47. The number of imide groups is 1. The standard InChI is InChI=1S/C12H16FN3O2/c1-7(9-5-3-4-6-10(9)13)15-8(2)11(17)16-12(14)18/h3-8,15H,1-2H3,(H3,14,16,17,18). The fourth-order valence-corrected chi connectivity index (χ4v) is 1.60. The summed E-state index contributed by atoms with van der Waals surface area (Å²) < 4.78 is 13.5. The van der Waals surface area contributed by atoms with Gasteiger partial charge in [-0.2, -0.15) is 0 Å². The fraction of sp³-hybridized carbons (Fsp3) is 0.333. The van der Waals surface area contributed by atoms with Crippen LogP contribution in [0.1, 0.15) is 25.5 Å². The molecule has 3 amide bonds. The van der Waals surface area contributed by atoms with Crippen LogP contribution in [0, 0.1) is 5.82 Å². The van der Waals surface area contributed by atoms with E-state index in [-0.39, 0.29) is 11.9 Å². The molecule has 0 radical (unpaired) electrons. The molecule has 0 saturated carbocycles. The molecule has 1 aromatic rings. The van der Waals surface area contributed by atoms with E-state index in [2.05, 4.69) is 5.32 Å². The van der Waals surface area contributed by atoms with Gasteiger partial charge in [0.15, 0.2) is 0 Å². The Hall–Kier alpha value is -1.95. The first-order valence-corrected chi connectivity index (χ1v) is 5.52. The maximum atomic E-state index is 13.5. The van der Waals surface area contributed by atoms with Crippen molar-refractivity contribution in [1.82, 2.24) is 10.6 Å². The van der Waals surface area contributed by atoms with Gasteiger partial charge in [0, 0.05) is 11.6 Å². The summed E-state index contributed by atoms with van der Waals surface area (Å²) in [6.07, 6.45) is 0. The van der Waals surface area contributed by atoms with Gasteiger partial charge in [-0.05, 0) is 19.9 Å². The van der Waals surface area contributed by atoms with Crippen LogP contribution in [0.15, 0.2) is 24.3 Å². The quantitative estimate of drug-likeness (QED) is 0.750. The highest BCUT2D eigenvalue weighted by Crippen LogP contribution is 2.16. The molecule has 0 aliphatic heterocycles. The largest absolute Gasteiger partial charge is 0.351 e. The molecule has 0 bridgehead atoms. The Labute approximate surface area is 105 Å². The Morgan fingerprint density at radius 2 is 1.89 bits per heavy atom. The summed E-state index contributed by atoms with van der Waals surface area (Å²) in [6.45, 7) is 3.29. The van der Waals surface area contributed by atoms with E-state index in [4.69, 9.17) is 5.73 Å². The van der Waals surface area contributed by atoms with Crippen molar-refractivity contribution in [2.75, 3.05) is 0 Å². The Balaban J connectivity index is 2.65. The molecule has 2 atom stereocenters. The summed E-state index contributed by atoms with van der Waals surface area (Å²) >= 11 is 0. The normalized spacial score (nSPS) is 13.7. The molecule has 0 aromatic heterocycles. The first-order valence-electron chi connectivity index (χ1n) is 5.52. The first-order chi connectivity index (χ1) is 8.41. The van der Waals surface area contributed by atoms with Crippen molar-refractivity contribution < 1.29 is 14.0 Å². The molecule has 0 aliphatic rings. The highest BCUT2D eigenvalue weighted by atomic mass is 19.1. The lowest BCUT2D eigenvalue weighted by Gasteiger charge is -2.19. The van der Waals surface area contributed by atoms with Crippen molar-refractivity contribution in [2.45, 2.75) is 25.9 Å². The minimum Gasteiger partial charge on any atom is -0.351 e. The average Bonchev–Trinajstić information content (AvgIpc) is 2.28. The molecule has 0 saturated heterocycles. The van der Waals surface area contributed by atoms with Crippen LogP contribution in [0.25, 0.3) is 0 Å². The van der Waals surface area contributed by atoms with E-state index in [1.165, 1.54) is 6.07 Å². The number of hydrogen-bond donors (Lipinski definition) is 3. The number of carbonyl (C=O) groups excluding carboxylic acids is 2. The number of primary amides is 1. The van der Waals surface area contributed by atoms with Crippen molar-refractivity contribution in [1.29, 1.82) is 0 Å². The zero-order valence-corrected chi connectivity index (χ0v) is 10.2. The lowest BCUT2D eigenvalue weighted by molar-refractivity contribution is -0.121. The molecule has 2 unspecified atom stereocenters. The summed E-state index contributed by atoms with van der Waals surface area (Å²) in [5.41, 5.74) is 5.29. The Bertz CT molecular complexity index is 451. The summed E-state index contributed by atoms with van der Waals surface area (Å²) in [5.74, 6) is -0.898. The Morgan fingerprint density at radius 3 is 2.44 bits per heavy atom. The van der Waals surface area contributed by atoms with Crippen molar-refractivity contribution in [2.24, 2.45) is 5.73 Å². The monoisotopic (exact) mass is 253 g/mol. The van der Waals surface area contributed by atoms with Crippen LogP contribution in [0.3, 0.4) is 0 Å². The number of carbonyl (C=O) groups is 2. The second-order valence-electron chi connectivity index (χ2n) is 3.99. The second-order valence-corrected chi connectivity index (χ2v) is 3.99. The van der Waals surface area contributed by atoms with Gasteiger partial charge in [-0.15, -0.1) is 0 Å². The summed E-state index contributed by atoms with van der Waals surface area (Å²) in [4.78, 5) is 22.0. The smallest absolute Gasteiger partial charge is 0.318 e. The number of urea groups is 1. The van der Waals surface area contributed by atoms with Gasteiger partial charge >= 0.3 is 6.03 Å². The van der Waals surface area contributed by atoms with E-state index in [1.807, 2.05) is 5.32 Å². The Kier molecular flexibility index (Phi) is 4.79. The summed E-state index contributed by atoms with van der Waals surface area (Å²) in [6, 6.07) is 4.35. The zero-order valence-electron chi connectivity index (χ0n) is 10.2. The maximum absolute atomic E-state index is 13.5. The second kappa shape index (κ2) is 6.11. The van der Waals surface area contributed by atoms with Crippen LogP contribution in [-0.2, 0) is 4.79 Å². The number of halogens is 1. The van der Waals surface area contributed by atoms with E-state index in [0.29, 0.717) is 5.56 Å². The van der Waals surface area contributed by atoms with Crippen molar-refractivity contribution in [3.05, 3.63) is 35.6 Å². The van der Waals surface area contributed by atoms with Gasteiger partial charge in [-0.25, -0.2) is 9.18 Å². The minimum absolute atomic E-state index is 0.347. The van der Waals surface area contributed by atoms with E-state index in [1.54, 1.807) is 32.0 Å². The van der Waals surface area contributed by atoms with Crippen LogP contribution < -0.4 is 16.4 Å². The third-order valence-corrected chi connectivity index (χ3v) is 2.51. The highest BCUT2D eigenvalue weighted by Gasteiger charge is 2.18. The van der Waals surface area contributed by atoms with Crippen LogP contribution in [0.2, 0.25) is 0 Å². The van der Waals surface area contributed by atoms with Crippen LogP contribution >= 0.6 is 0 Å². The van der Waals surface area contributed by atoms with E-state index < -0.39 is 18.0 Å². The molecule has 6 heteroatoms. The lowest BCUT2D eigenvalue weighted by atomic mass is 10.1. The van der Waals surface area contributed by atoms with Crippen LogP contribution in [0.5, 0.6) is 0 Å². The van der Waals surface area contributed by atoms with Crippen LogP contribution in [0.4, 0.5) is 9.18 Å². The van der Waals surface area contributed by atoms with Gasteiger partial charge in [-0.1, -0.05) is 18.2 Å². The van der Waals surface area contributed by atoms with Crippen molar-refractivity contribution in [3.63, 3.8) is 0 Å². The zero-order chi connectivity index (χ0) is 13.7. The van der Waals surface area contributed by atoms with Gasteiger partial charge < -0.3 is 5.73 Å². The topological polar surface area (TPSA) is 84.2 Å². The number of amides is 3. The molecule has 0 aliphatic carbocycles. The molecular formula is C12H16FN3O2. The minimum atomic E-state index is -0.910. The average molecular weight is 253 g/mol. The first kappa shape index (κ1) is 14.1. The number of nitrogens with two attached hydrogens (primary N) is 1. The predicted molar refractivity (Wildman–Crippen MR) is 65.1 cm³/mol. The number of benzene rings is 1. The molecule has 1 rings (SSSR count). The van der Waals surface area contributed by atoms with Crippen LogP contribution in [-0.4, -0.2) is 18.0 Å². The Morgan fingerprint density at radius 1 is 1.28 bits per heavy atom. The van der Waals surface area contributed by atoms with E-state index in [9.17, 15) is 14.0 Å². The van der Waals surface area contributed by atoms with Gasteiger partial charge in [0.05, 0.1) is 6.04 Å². The number of hydrogen-bond acceptors (Lipinski definition) is 3. The third-order valence-electron chi connectivity index (χ3n) is 2.51.